The Morgan fingerprint density at radius 2 is 1.55 bits per heavy atom. The summed E-state index contributed by atoms with van der Waals surface area (Å²) in [6, 6.07) is 10.5. The SMILES string of the molecule is CC(C)c1cc(-c2ccc(N3CCN(C(C)C)CC3)nc2)ccc1S(=O)(=O)N1CCNCC1. The quantitative estimate of drug-likeness (QED) is 0.699. The summed E-state index contributed by atoms with van der Waals surface area (Å²) >= 11 is 0. The normalized spacial score (nSPS) is 18.9. The first-order valence-electron chi connectivity index (χ1n) is 12.1. The van der Waals surface area contributed by atoms with Gasteiger partial charge in [0.1, 0.15) is 5.82 Å². The largest absolute Gasteiger partial charge is 0.354 e. The third kappa shape index (κ3) is 5.24. The van der Waals surface area contributed by atoms with Crippen LogP contribution in [0.5, 0.6) is 0 Å². The Balaban J connectivity index is 1.55. The number of piperazine rings is 2. The minimum atomic E-state index is -3.50. The van der Waals surface area contributed by atoms with Gasteiger partial charge in [-0.05, 0) is 55.2 Å². The van der Waals surface area contributed by atoms with Crippen molar-refractivity contribution in [3.63, 3.8) is 0 Å². The fourth-order valence-corrected chi connectivity index (χ4v) is 6.42. The number of rotatable bonds is 6. The van der Waals surface area contributed by atoms with E-state index in [2.05, 4.69) is 41.1 Å². The molecule has 1 aromatic heterocycles. The van der Waals surface area contributed by atoms with Crippen molar-refractivity contribution in [2.45, 2.75) is 44.6 Å². The molecule has 0 saturated carbocycles. The van der Waals surface area contributed by atoms with Gasteiger partial charge in [0.25, 0.3) is 0 Å². The molecule has 0 unspecified atom stereocenters. The van der Waals surface area contributed by atoms with E-state index in [0.717, 1.165) is 48.7 Å². The maximum absolute atomic E-state index is 13.3. The number of anilines is 1. The molecular weight excluding hydrogens is 434 g/mol. The Labute approximate surface area is 198 Å². The summed E-state index contributed by atoms with van der Waals surface area (Å²) in [7, 11) is -3.50. The van der Waals surface area contributed by atoms with Crippen molar-refractivity contribution < 1.29 is 8.42 Å². The third-order valence-corrected chi connectivity index (χ3v) is 8.75. The Bertz CT molecular complexity index is 1040. The molecular formula is C25H37N5O2S. The first-order valence-corrected chi connectivity index (χ1v) is 13.5. The molecule has 180 valence electrons. The molecule has 2 fully saturated rings. The van der Waals surface area contributed by atoms with Gasteiger partial charge in [-0.25, -0.2) is 13.4 Å². The van der Waals surface area contributed by atoms with Crippen molar-refractivity contribution >= 4 is 15.8 Å². The van der Waals surface area contributed by atoms with E-state index >= 15 is 0 Å². The Morgan fingerprint density at radius 1 is 0.879 bits per heavy atom. The van der Waals surface area contributed by atoms with Crippen LogP contribution >= 0.6 is 0 Å². The lowest BCUT2D eigenvalue weighted by molar-refractivity contribution is 0.209. The Hall–Kier alpha value is -2.00. The second-order valence-electron chi connectivity index (χ2n) is 9.58. The first kappa shape index (κ1) is 24.1. The van der Waals surface area contributed by atoms with Crippen molar-refractivity contribution in [1.29, 1.82) is 0 Å². The van der Waals surface area contributed by atoms with Crippen LogP contribution in [0.2, 0.25) is 0 Å². The van der Waals surface area contributed by atoms with E-state index in [0.29, 0.717) is 37.1 Å². The zero-order valence-electron chi connectivity index (χ0n) is 20.3. The van der Waals surface area contributed by atoms with E-state index in [9.17, 15) is 8.42 Å². The second kappa shape index (κ2) is 10.1. The monoisotopic (exact) mass is 471 g/mol. The van der Waals surface area contributed by atoms with E-state index in [1.807, 2.05) is 32.2 Å². The molecule has 0 radical (unpaired) electrons. The molecule has 33 heavy (non-hydrogen) atoms. The molecule has 2 aliphatic rings. The fraction of sp³-hybridized carbons (Fsp3) is 0.560. The van der Waals surface area contributed by atoms with Crippen LogP contribution in [-0.2, 0) is 10.0 Å². The van der Waals surface area contributed by atoms with Gasteiger partial charge in [0, 0.05) is 70.2 Å². The zero-order chi connectivity index (χ0) is 23.6. The van der Waals surface area contributed by atoms with Gasteiger partial charge in [0.15, 0.2) is 0 Å². The standard InChI is InChI=1S/C25H37N5O2S/c1-19(2)23-17-21(5-7-24(23)33(31,32)30-11-9-26-10-12-30)22-6-8-25(27-18-22)29-15-13-28(14-16-29)20(3)4/h5-8,17-20,26H,9-16H2,1-4H3. The lowest BCUT2D eigenvalue weighted by Gasteiger charge is -2.37. The van der Waals surface area contributed by atoms with Crippen LogP contribution in [0.1, 0.15) is 39.2 Å². The lowest BCUT2D eigenvalue weighted by atomic mass is 9.98. The predicted octanol–water partition coefficient (Wildman–Crippen LogP) is 3.00. The van der Waals surface area contributed by atoms with Crippen molar-refractivity contribution in [2.75, 3.05) is 57.3 Å². The van der Waals surface area contributed by atoms with Crippen LogP contribution in [-0.4, -0.2) is 81.0 Å². The maximum Gasteiger partial charge on any atom is 0.243 e. The highest BCUT2D eigenvalue weighted by atomic mass is 32.2. The molecule has 1 N–H and O–H groups in total. The van der Waals surface area contributed by atoms with Gasteiger partial charge in [0.2, 0.25) is 10.0 Å². The summed E-state index contributed by atoms with van der Waals surface area (Å²) < 4.78 is 28.2. The lowest BCUT2D eigenvalue weighted by Crippen LogP contribution is -2.49. The number of nitrogens with one attached hydrogen (secondary N) is 1. The number of sulfonamides is 1. The molecule has 7 nitrogen and oxygen atoms in total. The first-order chi connectivity index (χ1) is 15.8. The fourth-order valence-electron chi connectivity index (χ4n) is 4.65. The summed E-state index contributed by atoms with van der Waals surface area (Å²) in [5, 5.41) is 3.22. The van der Waals surface area contributed by atoms with Gasteiger partial charge in [-0.15, -0.1) is 0 Å². The molecule has 8 heteroatoms. The minimum absolute atomic E-state index is 0.0992. The average molecular weight is 472 g/mol. The molecule has 2 saturated heterocycles. The predicted molar refractivity (Wildman–Crippen MR) is 134 cm³/mol. The molecule has 2 aromatic rings. The summed E-state index contributed by atoms with van der Waals surface area (Å²) in [6.45, 7) is 15.1. The highest BCUT2D eigenvalue weighted by Gasteiger charge is 2.29. The highest BCUT2D eigenvalue weighted by molar-refractivity contribution is 7.89. The van der Waals surface area contributed by atoms with Crippen LogP contribution in [0.25, 0.3) is 11.1 Å². The number of nitrogens with zero attached hydrogens (tertiary/aromatic N) is 4. The van der Waals surface area contributed by atoms with Gasteiger partial charge in [-0.2, -0.15) is 4.31 Å². The van der Waals surface area contributed by atoms with Crippen LogP contribution in [0.4, 0.5) is 5.82 Å². The summed E-state index contributed by atoms with van der Waals surface area (Å²) in [4.78, 5) is 10.0. The van der Waals surface area contributed by atoms with Crippen LogP contribution in [0.3, 0.4) is 0 Å². The van der Waals surface area contributed by atoms with Gasteiger partial charge in [-0.3, -0.25) is 4.90 Å². The smallest absolute Gasteiger partial charge is 0.243 e. The van der Waals surface area contributed by atoms with E-state index in [1.165, 1.54) is 0 Å². The van der Waals surface area contributed by atoms with Gasteiger partial charge in [-0.1, -0.05) is 19.9 Å². The van der Waals surface area contributed by atoms with Crippen molar-refractivity contribution in [2.24, 2.45) is 0 Å². The average Bonchev–Trinajstić information content (AvgIpc) is 2.84. The Kier molecular flexibility index (Phi) is 7.38. The second-order valence-corrected chi connectivity index (χ2v) is 11.5. The molecule has 1 aromatic carbocycles. The molecule has 0 aliphatic carbocycles. The Morgan fingerprint density at radius 3 is 2.12 bits per heavy atom. The summed E-state index contributed by atoms with van der Waals surface area (Å²) in [5.41, 5.74) is 2.87. The topological polar surface area (TPSA) is 68.8 Å². The number of hydrogen-bond donors (Lipinski definition) is 1. The number of hydrogen-bond acceptors (Lipinski definition) is 6. The highest BCUT2D eigenvalue weighted by Crippen LogP contribution is 2.32. The van der Waals surface area contributed by atoms with Crippen LogP contribution < -0.4 is 10.2 Å². The number of aromatic nitrogens is 1. The van der Waals surface area contributed by atoms with Crippen LogP contribution in [0.15, 0.2) is 41.4 Å². The molecule has 2 aliphatic heterocycles. The molecule has 3 heterocycles. The maximum atomic E-state index is 13.3. The van der Waals surface area contributed by atoms with E-state index in [1.54, 1.807) is 10.4 Å². The van der Waals surface area contributed by atoms with Gasteiger partial charge < -0.3 is 10.2 Å². The third-order valence-electron chi connectivity index (χ3n) is 6.78. The molecule has 0 atom stereocenters. The molecule has 4 rings (SSSR count). The van der Waals surface area contributed by atoms with Crippen molar-refractivity contribution in [1.82, 2.24) is 19.5 Å². The minimum Gasteiger partial charge on any atom is -0.354 e. The summed E-state index contributed by atoms with van der Waals surface area (Å²) in [6.07, 6.45) is 1.91. The van der Waals surface area contributed by atoms with E-state index in [-0.39, 0.29) is 5.92 Å². The van der Waals surface area contributed by atoms with Gasteiger partial charge >= 0.3 is 0 Å². The van der Waals surface area contributed by atoms with Crippen molar-refractivity contribution in [3.05, 3.63) is 42.1 Å². The van der Waals surface area contributed by atoms with E-state index in [4.69, 9.17) is 4.98 Å². The molecule has 0 amide bonds. The summed E-state index contributed by atoms with van der Waals surface area (Å²) in [5.74, 6) is 1.10. The molecule has 0 spiro atoms. The zero-order valence-corrected chi connectivity index (χ0v) is 21.1. The van der Waals surface area contributed by atoms with Gasteiger partial charge in [0.05, 0.1) is 4.90 Å². The van der Waals surface area contributed by atoms with Crippen LogP contribution in [0, 0.1) is 0 Å². The van der Waals surface area contributed by atoms with Crippen molar-refractivity contribution in [3.8, 4) is 11.1 Å². The number of pyridine rings is 1. The van der Waals surface area contributed by atoms with E-state index < -0.39 is 10.0 Å². The number of benzene rings is 1. The molecule has 0 bridgehead atoms.